The fraction of sp³-hybridized carbons (Fsp3) is 0.562. The van der Waals surface area contributed by atoms with Crippen LogP contribution >= 0.6 is 0 Å². The van der Waals surface area contributed by atoms with Gasteiger partial charge in [0.25, 0.3) is 0 Å². The Labute approximate surface area is 120 Å². The topological polar surface area (TPSA) is 58.6 Å². The zero-order valence-corrected chi connectivity index (χ0v) is 12.0. The quantitative estimate of drug-likeness (QED) is 0.869. The van der Waals surface area contributed by atoms with E-state index < -0.39 is 6.10 Å². The van der Waals surface area contributed by atoms with Crippen LogP contribution in [-0.2, 0) is 9.53 Å². The van der Waals surface area contributed by atoms with Gasteiger partial charge in [0.05, 0.1) is 12.2 Å². The molecule has 0 aromatic heterocycles. The van der Waals surface area contributed by atoms with E-state index in [1.54, 1.807) is 13.0 Å². The summed E-state index contributed by atoms with van der Waals surface area (Å²) in [5.74, 6) is -0.163. The second-order valence-corrected chi connectivity index (χ2v) is 5.38. The van der Waals surface area contributed by atoms with Gasteiger partial charge in [-0.1, -0.05) is 37.5 Å². The Kier molecular flexibility index (Phi) is 5.56. The van der Waals surface area contributed by atoms with E-state index in [9.17, 15) is 9.90 Å². The molecule has 1 atom stereocenters. The molecule has 1 aliphatic rings. The molecule has 110 valence electrons. The summed E-state index contributed by atoms with van der Waals surface area (Å²) in [5.41, 5.74) is 1.37. The predicted octanol–water partition coefficient (Wildman–Crippen LogP) is 3.03. The molecule has 1 aliphatic carbocycles. The molecule has 20 heavy (non-hydrogen) atoms. The van der Waals surface area contributed by atoms with Crippen LogP contribution in [0.2, 0.25) is 0 Å². The summed E-state index contributed by atoms with van der Waals surface area (Å²) in [5, 5.41) is 12.5. The van der Waals surface area contributed by atoms with Gasteiger partial charge in [0, 0.05) is 11.3 Å². The number of hydrogen-bond donors (Lipinski definition) is 2. The Hall–Kier alpha value is -1.39. The van der Waals surface area contributed by atoms with Crippen LogP contribution in [0.1, 0.15) is 50.7 Å². The zero-order chi connectivity index (χ0) is 14.4. The van der Waals surface area contributed by atoms with E-state index in [4.69, 9.17) is 4.74 Å². The lowest BCUT2D eigenvalue weighted by atomic mass is 9.98. The number of para-hydroxylation sites is 1. The van der Waals surface area contributed by atoms with Crippen molar-refractivity contribution < 1.29 is 14.6 Å². The van der Waals surface area contributed by atoms with Gasteiger partial charge >= 0.3 is 0 Å². The van der Waals surface area contributed by atoms with Gasteiger partial charge in [0.1, 0.15) is 6.61 Å². The van der Waals surface area contributed by atoms with E-state index in [1.807, 2.05) is 18.2 Å². The standard InChI is InChI=1S/C16H23NO3/c1-12(18)14-9-5-6-10-15(14)17-16(19)11-20-13-7-3-2-4-8-13/h5-6,9-10,12-13,18H,2-4,7-8,11H2,1H3,(H,17,19)/t12-/m0/s1. The summed E-state index contributed by atoms with van der Waals surface area (Å²) >= 11 is 0. The van der Waals surface area contributed by atoms with Gasteiger partial charge in [-0.25, -0.2) is 0 Å². The van der Waals surface area contributed by atoms with Crippen molar-refractivity contribution in [2.45, 2.75) is 51.2 Å². The lowest BCUT2D eigenvalue weighted by molar-refractivity contribution is -0.123. The lowest BCUT2D eigenvalue weighted by Gasteiger charge is -2.21. The minimum absolute atomic E-state index is 0.0822. The second kappa shape index (κ2) is 7.41. The molecule has 0 heterocycles. The molecule has 1 amide bonds. The maximum absolute atomic E-state index is 11.9. The van der Waals surface area contributed by atoms with Crippen LogP contribution in [-0.4, -0.2) is 23.7 Å². The molecule has 0 bridgehead atoms. The number of nitrogens with one attached hydrogen (secondary N) is 1. The minimum atomic E-state index is -0.606. The molecular weight excluding hydrogens is 254 g/mol. The highest BCUT2D eigenvalue weighted by molar-refractivity contribution is 5.92. The Balaban J connectivity index is 1.85. The molecular formula is C16H23NO3. The molecule has 2 rings (SSSR count). The van der Waals surface area contributed by atoms with Crippen LogP contribution in [0.15, 0.2) is 24.3 Å². The molecule has 0 saturated heterocycles. The summed E-state index contributed by atoms with van der Waals surface area (Å²) in [6.45, 7) is 1.77. The average molecular weight is 277 g/mol. The van der Waals surface area contributed by atoms with Crippen molar-refractivity contribution >= 4 is 11.6 Å². The Morgan fingerprint density at radius 1 is 1.35 bits per heavy atom. The third-order valence-electron chi connectivity index (χ3n) is 3.69. The van der Waals surface area contributed by atoms with Crippen LogP contribution in [0.3, 0.4) is 0 Å². The fourth-order valence-electron chi connectivity index (χ4n) is 2.59. The number of anilines is 1. The summed E-state index contributed by atoms with van der Waals surface area (Å²) < 4.78 is 5.64. The van der Waals surface area contributed by atoms with E-state index in [1.165, 1.54) is 19.3 Å². The largest absolute Gasteiger partial charge is 0.389 e. The van der Waals surface area contributed by atoms with Gasteiger partial charge < -0.3 is 15.2 Å². The normalized spacial score (nSPS) is 17.7. The van der Waals surface area contributed by atoms with Crippen LogP contribution in [0, 0.1) is 0 Å². The number of ether oxygens (including phenoxy) is 1. The molecule has 1 aromatic rings. The van der Waals surface area contributed by atoms with E-state index in [2.05, 4.69) is 5.32 Å². The predicted molar refractivity (Wildman–Crippen MR) is 78.5 cm³/mol. The van der Waals surface area contributed by atoms with Crippen molar-refractivity contribution in [1.29, 1.82) is 0 Å². The fourth-order valence-corrected chi connectivity index (χ4v) is 2.59. The zero-order valence-electron chi connectivity index (χ0n) is 12.0. The number of aliphatic hydroxyl groups is 1. The third-order valence-corrected chi connectivity index (χ3v) is 3.69. The maximum atomic E-state index is 11.9. The van der Waals surface area contributed by atoms with Crippen molar-refractivity contribution in [2.75, 3.05) is 11.9 Å². The number of aliphatic hydroxyl groups excluding tert-OH is 1. The first-order valence-corrected chi connectivity index (χ1v) is 7.35. The number of hydrogen-bond acceptors (Lipinski definition) is 3. The molecule has 1 saturated carbocycles. The third kappa shape index (κ3) is 4.32. The number of amides is 1. The molecule has 0 unspecified atom stereocenters. The Morgan fingerprint density at radius 2 is 2.05 bits per heavy atom. The molecule has 1 aromatic carbocycles. The van der Waals surface area contributed by atoms with Crippen molar-refractivity contribution in [1.82, 2.24) is 0 Å². The molecule has 1 fully saturated rings. The average Bonchev–Trinajstić information content (AvgIpc) is 2.46. The molecule has 2 N–H and O–H groups in total. The smallest absolute Gasteiger partial charge is 0.250 e. The number of benzene rings is 1. The molecule has 4 nitrogen and oxygen atoms in total. The van der Waals surface area contributed by atoms with Crippen molar-refractivity contribution in [3.63, 3.8) is 0 Å². The van der Waals surface area contributed by atoms with E-state index in [0.717, 1.165) is 18.4 Å². The SMILES string of the molecule is C[C@H](O)c1ccccc1NC(=O)COC1CCCCC1. The summed E-state index contributed by atoms with van der Waals surface area (Å²) in [6, 6.07) is 7.28. The van der Waals surface area contributed by atoms with Crippen LogP contribution in [0.25, 0.3) is 0 Å². The molecule has 0 spiro atoms. The Bertz CT molecular complexity index is 439. The van der Waals surface area contributed by atoms with Crippen molar-refractivity contribution in [2.24, 2.45) is 0 Å². The van der Waals surface area contributed by atoms with Crippen molar-refractivity contribution in [3.8, 4) is 0 Å². The molecule has 4 heteroatoms. The van der Waals surface area contributed by atoms with Crippen LogP contribution in [0.4, 0.5) is 5.69 Å². The van der Waals surface area contributed by atoms with Crippen LogP contribution < -0.4 is 5.32 Å². The highest BCUT2D eigenvalue weighted by atomic mass is 16.5. The van der Waals surface area contributed by atoms with Gasteiger partial charge in [-0.3, -0.25) is 4.79 Å². The summed E-state index contributed by atoms with van der Waals surface area (Å²) in [4.78, 5) is 11.9. The Morgan fingerprint density at radius 3 is 2.75 bits per heavy atom. The molecule has 0 aliphatic heterocycles. The van der Waals surface area contributed by atoms with E-state index >= 15 is 0 Å². The minimum Gasteiger partial charge on any atom is -0.389 e. The monoisotopic (exact) mass is 277 g/mol. The number of carbonyl (C=O) groups excluding carboxylic acids is 1. The first kappa shape index (κ1) is 15.0. The first-order chi connectivity index (χ1) is 9.66. The van der Waals surface area contributed by atoms with Gasteiger partial charge in [-0.2, -0.15) is 0 Å². The highest BCUT2D eigenvalue weighted by Gasteiger charge is 2.16. The van der Waals surface area contributed by atoms with Gasteiger partial charge in [0.15, 0.2) is 0 Å². The van der Waals surface area contributed by atoms with Gasteiger partial charge in [0.2, 0.25) is 5.91 Å². The van der Waals surface area contributed by atoms with Gasteiger partial charge in [-0.05, 0) is 25.8 Å². The van der Waals surface area contributed by atoms with Crippen molar-refractivity contribution in [3.05, 3.63) is 29.8 Å². The summed E-state index contributed by atoms with van der Waals surface area (Å²) in [7, 11) is 0. The van der Waals surface area contributed by atoms with Crippen LogP contribution in [0.5, 0.6) is 0 Å². The lowest BCUT2D eigenvalue weighted by Crippen LogP contribution is -2.25. The highest BCUT2D eigenvalue weighted by Crippen LogP contribution is 2.23. The maximum Gasteiger partial charge on any atom is 0.250 e. The van der Waals surface area contributed by atoms with Gasteiger partial charge in [-0.15, -0.1) is 0 Å². The number of rotatable bonds is 5. The second-order valence-electron chi connectivity index (χ2n) is 5.38. The first-order valence-electron chi connectivity index (χ1n) is 7.35. The summed E-state index contributed by atoms with van der Waals surface area (Å²) in [6.07, 6.45) is 5.38. The van der Waals surface area contributed by atoms with E-state index in [-0.39, 0.29) is 18.6 Å². The molecule has 0 radical (unpaired) electrons. The van der Waals surface area contributed by atoms with E-state index in [0.29, 0.717) is 5.69 Å². The number of carbonyl (C=O) groups is 1.